The van der Waals surface area contributed by atoms with Crippen molar-refractivity contribution < 1.29 is 31.1 Å². The molecule has 0 bridgehead atoms. The molecule has 0 aliphatic rings. The molecule has 3 aromatic carbocycles. The average Bonchev–Trinajstić information content (AvgIpc) is 2.85. The number of amides is 1. The van der Waals surface area contributed by atoms with Gasteiger partial charge in [0.1, 0.15) is 5.75 Å². The van der Waals surface area contributed by atoms with Gasteiger partial charge in [0.05, 0.1) is 17.1 Å². The van der Waals surface area contributed by atoms with Crippen molar-refractivity contribution in [3.8, 4) is 5.75 Å². The number of ether oxygens (including phenoxy) is 1. The van der Waals surface area contributed by atoms with E-state index < -0.39 is 21.6 Å². The smallest absolute Gasteiger partial charge is 0.416 e. The highest BCUT2D eigenvalue weighted by Crippen LogP contribution is 2.30. The summed E-state index contributed by atoms with van der Waals surface area (Å²) in [5, 5.41) is 2.60. The van der Waals surface area contributed by atoms with Crippen LogP contribution in [0.25, 0.3) is 0 Å². The Morgan fingerprint density at radius 2 is 1.63 bits per heavy atom. The fourth-order valence-electron chi connectivity index (χ4n) is 3.97. The van der Waals surface area contributed by atoms with Gasteiger partial charge in [-0.1, -0.05) is 54.6 Å². The first-order valence-corrected chi connectivity index (χ1v) is 13.9. The lowest BCUT2D eigenvalue weighted by atomic mass is 10.1. The monoisotopic (exact) mass is 548 g/mol. The standard InChI is InChI=1S/C28H31F3N2O4S/c1-21(34)32-18-24-12-13-26(17-27(24)38(2,35)36)37-15-7-14-33(19-22-8-4-3-5-9-22)20-23-10-6-11-25(16-23)28(29,30)31/h3-6,8-13,16-17H,7,14-15,18-20H2,1-2H3,(H,32,34). The van der Waals surface area contributed by atoms with Crippen molar-refractivity contribution in [3.05, 3.63) is 95.1 Å². The number of sulfone groups is 1. The molecule has 3 rings (SSSR count). The molecule has 1 amide bonds. The van der Waals surface area contributed by atoms with Crippen LogP contribution in [0.15, 0.2) is 77.7 Å². The molecule has 204 valence electrons. The van der Waals surface area contributed by atoms with E-state index in [1.54, 1.807) is 18.2 Å². The zero-order valence-corrected chi connectivity index (χ0v) is 22.1. The minimum atomic E-state index is -4.41. The number of hydrogen-bond acceptors (Lipinski definition) is 5. The summed E-state index contributed by atoms with van der Waals surface area (Å²) in [4.78, 5) is 13.4. The van der Waals surface area contributed by atoms with Crippen molar-refractivity contribution in [3.63, 3.8) is 0 Å². The number of nitrogens with one attached hydrogen (secondary N) is 1. The fraction of sp³-hybridized carbons (Fsp3) is 0.321. The second-order valence-electron chi connectivity index (χ2n) is 9.05. The molecule has 0 radical (unpaired) electrons. The lowest BCUT2D eigenvalue weighted by Gasteiger charge is -2.23. The first-order valence-electron chi connectivity index (χ1n) is 12.0. The van der Waals surface area contributed by atoms with Crippen molar-refractivity contribution in [2.45, 2.75) is 44.1 Å². The van der Waals surface area contributed by atoms with Crippen LogP contribution >= 0.6 is 0 Å². The number of halogens is 3. The summed E-state index contributed by atoms with van der Waals surface area (Å²) in [6.07, 6.45) is -2.75. The van der Waals surface area contributed by atoms with Crippen LogP contribution in [0.4, 0.5) is 13.2 Å². The van der Waals surface area contributed by atoms with E-state index in [1.807, 2.05) is 35.2 Å². The maximum atomic E-state index is 13.2. The molecule has 0 heterocycles. The molecule has 6 nitrogen and oxygen atoms in total. The molecular weight excluding hydrogens is 517 g/mol. The average molecular weight is 549 g/mol. The van der Waals surface area contributed by atoms with E-state index in [2.05, 4.69) is 5.32 Å². The van der Waals surface area contributed by atoms with Crippen LogP contribution in [0.5, 0.6) is 5.75 Å². The third-order valence-corrected chi connectivity index (χ3v) is 6.94. The molecule has 0 aliphatic carbocycles. The second-order valence-corrected chi connectivity index (χ2v) is 11.0. The van der Waals surface area contributed by atoms with Gasteiger partial charge in [0, 0.05) is 39.4 Å². The summed E-state index contributed by atoms with van der Waals surface area (Å²) < 4.78 is 69.9. The fourth-order valence-corrected chi connectivity index (χ4v) is 4.92. The van der Waals surface area contributed by atoms with E-state index >= 15 is 0 Å². The van der Waals surface area contributed by atoms with Gasteiger partial charge >= 0.3 is 6.18 Å². The van der Waals surface area contributed by atoms with E-state index in [4.69, 9.17) is 4.74 Å². The highest BCUT2D eigenvalue weighted by atomic mass is 32.2. The molecule has 0 fully saturated rings. The topological polar surface area (TPSA) is 75.7 Å². The summed E-state index contributed by atoms with van der Waals surface area (Å²) >= 11 is 0. The van der Waals surface area contributed by atoms with Gasteiger partial charge in [-0.15, -0.1) is 0 Å². The Morgan fingerprint density at radius 3 is 2.29 bits per heavy atom. The van der Waals surface area contributed by atoms with E-state index in [1.165, 1.54) is 25.1 Å². The highest BCUT2D eigenvalue weighted by Gasteiger charge is 2.30. The second kappa shape index (κ2) is 12.9. The summed E-state index contributed by atoms with van der Waals surface area (Å²) in [6, 6.07) is 19.7. The normalized spacial score (nSPS) is 11.9. The molecule has 1 N–H and O–H groups in total. The first-order chi connectivity index (χ1) is 17.9. The Bertz CT molecular complexity index is 1330. The zero-order valence-electron chi connectivity index (χ0n) is 21.3. The van der Waals surface area contributed by atoms with Crippen molar-refractivity contribution in [1.29, 1.82) is 0 Å². The van der Waals surface area contributed by atoms with E-state index in [-0.39, 0.29) is 24.0 Å². The van der Waals surface area contributed by atoms with Gasteiger partial charge in [-0.05, 0) is 41.3 Å². The summed E-state index contributed by atoms with van der Waals surface area (Å²) in [5.74, 6) is 0.111. The van der Waals surface area contributed by atoms with E-state index in [0.717, 1.165) is 17.9 Å². The Balaban J connectivity index is 1.66. The van der Waals surface area contributed by atoms with Crippen molar-refractivity contribution >= 4 is 15.7 Å². The molecule has 0 unspecified atom stereocenters. The van der Waals surface area contributed by atoms with Crippen LogP contribution in [-0.2, 0) is 40.4 Å². The molecule has 0 aliphatic heterocycles. The molecule has 10 heteroatoms. The van der Waals surface area contributed by atoms with Gasteiger partial charge < -0.3 is 10.1 Å². The van der Waals surface area contributed by atoms with Crippen LogP contribution in [0.3, 0.4) is 0 Å². The Labute approximate surface area is 221 Å². The number of rotatable bonds is 12. The van der Waals surface area contributed by atoms with Gasteiger partial charge in [0.15, 0.2) is 9.84 Å². The number of nitrogens with zero attached hydrogens (tertiary/aromatic N) is 1. The van der Waals surface area contributed by atoms with Gasteiger partial charge in [-0.25, -0.2) is 8.42 Å². The quantitative estimate of drug-likeness (QED) is 0.314. The zero-order chi connectivity index (χ0) is 27.8. The van der Waals surface area contributed by atoms with Gasteiger partial charge in [-0.3, -0.25) is 9.69 Å². The van der Waals surface area contributed by atoms with Crippen molar-refractivity contribution in [2.24, 2.45) is 0 Å². The largest absolute Gasteiger partial charge is 0.494 e. The third-order valence-electron chi connectivity index (χ3n) is 5.76. The maximum Gasteiger partial charge on any atom is 0.416 e. The summed E-state index contributed by atoms with van der Waals surface area (Å²) in [7, 11) is -3.55. The SMILES string of the molecule is CC(=O)NCc1ccc(OCCCN(Cc2ccccc2)Cc2cccc(C(F)(F)F)c2)cc1S(C)(=O)=O. The maximum absolute atomic E-state index is 13.2. The Hall–Kier alpha value is -3.37. The number of alkyl halides is 3. The molecule has 0 aromatic heterocycles. The molecule has 38 heavy (non-hydrogen) atoms. The van der Waals surface area contributed by atoms with E-state index in [9.17, 15) is 26.4 Å². The van der Waals surface area contributed by atoms with Crippen molar-refractivity contribution in [2.75, 3.05) is 19.4 Å². The molecular formula is C28H31F3N2O4S. The van der Waals surface area contributed by atoms with Crippen LogP contribution in [-0.4, -0.2) is 38.6 Å². The Kier molecular flexibility index (Phi) is 9.93. The molecule has 3 aromatic rings. The predicted octanol–water partition coefficient (Wildman–Crippen LogP) is 5.22. The van der Waals surface area contributed by atoms with Crippen LogP contribution in [0.1, 0.15) is 35.6 Å². The first kappa shape index (κ1) is 29.2. The number of benzene rings is 3. The van der Waals surface area contributed by atoms with Gasteiger partial charge in [0.25, 0.3) is 0 Å². The Morgan fingerprint density at radius 1 is 0.947 bits per heavy atom. The molecule has 0 spiro atoms. The number of carbonyl (C=O) groups excluding carboxylic acids is 1. The lowest BCUT2D eigenvalue weighted by molar-refractivity contribution is -0.137. The van der Waals surface area contributed by atoms with Crippen molar-refractivity contribution in [1.82, 2.24) is 10.2 Å². The summed E-state index contributed by atoms with van der Waals surface area (Å²) in [6.45, 7) is 3.14. The van der Waals surface area contributed by atoms with Crippen LogP contribution in [0, 0.1) is 0 Å². The lowest BCUT2D eigenvalue weighted by Crippen LogP contribution is -2.25. The minimum Gasteiger partial charge on any atom is -0.494 e. The summed E-state index contributed by atoms with van der Waals surface area (Å²) in [5.41, 5.74) is 1.38. The third kappa shape index (κ3) is 9.18. The number of hydrogen-bond donors (Lipinski definition) is 1. The van der Waals surface area contributed by atoms with Crippen LogP contribution < -0.4 is 10.1 Å². The number of carbonyl (C=O) groups is 1. The predicted molar refractivity (Wildman–Crippen MR) is 139 cm³/mol. The van der Waals surface area contributed by atoms with Crippen LogP contribution in [0.2, 0.25) is 0 Å². The highest BCUT2D eigenvalue weighted by molar-refractivity contribution is 7.90. The van der Waals surface area contributed by atoms with Gasteiger partial charge in [-0.2, -0.15) is 13.2 Å². The minimum absolute atomic E-state index is 0.0824. The van der Waals surface area contributed by atoms with E-state index in [0.29, 0.717) is 42.9 Å². The van der Waals surface area contributed by atoms with Gasteiger partial charge in [0.2, 0.25) is 5.91 Å². The molecule has 0 atom stereocenters. The molecule has 0 saturated carbocycles. The molecule has 0 saturated heterocycles.